The molecule has 0 fully saturated rings. The highest BCUT2D eigenvalue weighted by atomic mass is 16.3. The maximum atomic E-state index is 6.60. The van der Waals surface area contributed by atoms with Gasteiger partial charge < -0.3 is 4.42 Å². The predicted molar refractivity (Wildman–Crippen MR) is 178 cm³/mol. The van der Waals surface area contributed by atoms with Crippen LogP contribution in [-0.2, 0) is 0 Å². The molecule has 206 valence electrons. The van der Waals surface area contributed by atoms with Crippen LogP contribution in [0.2, 0.25) is 0 Å². The maximum absolute atomic E-state index is 6.60. The molecule has 4 aromatic heterocycles. The van der Waals surface area contributed by atoms with Gasteiger partial charge in [-0.2, -0.15) is 5.10 Å². The number of hydrogen-bond donors (Lipinski definition) is 0. The van der Waals surface area contributed by atoms with Crippen LogP contribution in [0.15, 0.2) is 151 Å². The molecule has 9 aromatic rings. The Morgan fingerprint density at radius 3 is 2.30 bits per heavy atom. The number of furan rings is 1. The summed E-state index contributed by atoms with van der Waals surface area (Å²) in [5.41, 5.74) is 8.36. The van der Waals surface area contributed by atoms with Crippen LogP contribution in [0.5, 0.6) is 0 Å². The van der Waals surface area contributed by atoms with Crippen LogP contribution in [0.3, 0.4) is 0 Å². The lowest BCUT2D eigenvalue weighted by molar-refractivity contribution is 0.671. The van der Waals surface area contributed by atoms with E-state index < -0.39 is 0 Å². The predicted octanol–water partition coefficient (Wildman–Crippen LogP) is 6.18. The Labute approximate surface area is 252 Å². The van der Waals surface area contributed by atoms with Crippen LogP contribution < -0.4 is 16.4 Å². The van der Waals surface area contributed by atoms with Gasteiger partial charge in [0.1, 0.15) is 29.6 Å². The zero-order valence-corrected chi connectivity index (χ0v) is 23.6. The van der Waals surface area contributed by atoms with Crippen LogP contribution >= 0.6 is 0 Å². The number of nitrogens with zero attached hydrogens (tertiary/aromatic N) is 5. The molecule has 0 amide bonds. The molecule has 0 spiro atoms. The van der Waals surface area contributed by atoms with Crippen molar-refractivity contribution in [2.24, 2.45) is 0 Å². The summed E-state index contributed by atoms with van der Waals surface area (Å²) >= 11 is 0. The van der Waals surface area contributed by atoms with E-state index in [4.69, 9.17) is 9.40 Å². The van der Waals surface area contributed by atoms with E-state index in [1.54, 1.807) is 17.3 Å². The molecule has 0 aliphatic heterocycles. The van der Waals surface area contributed by atoms with Crippen molar-refractivity contribution < 1.29 is 4.42 Å². The standard InChI is InChI=1S/C37H24BN5O/c1-3-15-33-28(11-1)29-19-18-26(22-34(29)43(33)36-17-5-6-20-40-36)38(25-9-7-10-27(21-25)42-24-39-23-41-42)32-14-8-13-31-30-12-2-4-16-35(30)44-37(31)32/h1-24H. The van der Waals surface area contributed by atoms with E-state index in [1.165, 1.54) is 10.8 Å². The molecule has 0 saturated carbocycles. The first-order valence-electron chi connectivity index (χ1n) is 14.6. The summed E-state index contributed by atoms with van der Waals surface area (Å²) in [7, 11) is 0. The lowest BCUT2D eigenvalue weighted by Gasteiger charge is -2.18. The highest BCUT2D eigenvalue weighted by molar-refractivity contribution is 6.97. The molecule has 0 bridgehead atoms. The number of pyridine rings is 1. The van der Waals surface area contributed by atoms with E-state index in [2.05, 4.69) is 118 Å². The van der Waals surface area contributed by atoms with Crippen molar-refractivity contribution in [3.8, 4) is 11.5 Å². The van der Waals surface area contributed by atoms with Crippen LogP contribution in [0.4, 0.5) is 0 Å². The number of rotatable bonds is 5. The number of para-hydroxylation sites is 3. The molecular weight excluding hydrogens is 541 g/mol. The number of hydrogen-bond acceptors (Lipinski definition) is 4. The molecule has 4 heterocycles. The molecule has 0 atom stereocenters. The van der Waals surface area contributed by atoms with Crippen LogP contribution in [0.1, 0.15) is 0 Å². The fourth-order valence-corrected chi connectivity index (χ4v) is 6.64. The van der Waals surface area contributed by atoms with Gasteiger partial charge in [0.15, 0.2) is 0 Å². The summed E-state index contributed by atoms with van der Waals surface area (Å²) in [6.07, 6.45) is 5.13. The smallest absolute Gasteiger partial charge is 0.246 e. The number of fused-ring (bicyclic) bond motifs is 6. The normalized spacial score (nSPS) is 11.6. The lowest BCUT2D eigenvalue weighted by atomic mass is 9.36. The van der Waals surface area contributed by atoms with Crippen molar-refractivity contribution in [1.29, 1.82) is 0 Å². The van der Waals surface area contributed by atoms with Gasteiger partial charge in [0.05, 0.1) is 16.7 Å². The Bertz CT molecular complexity index is 2460. The van der Waals surface area contributed by atoms with Gasteiger partial charge in [-0.3, -0.25) is 4.57 Å². The second-order valence-corrected chi connectivity index (χ2v) is 11.0. The van der Waals surface area contributed by atoms with Gasteiger partial charge in [-0.25, -0.2) is 14.6 Å². The van der Waals surface area contributed by atoms with Crippen LogP contribution in [0.25, 0.3) is 55.2 Å². The van der Waals surface area contributed by atoms with Gasteiger partial charge in [0.2, 0.25) is 6.71 Å². The molecule has 0 aliphatic rings. The molecule has 5 aromatic carbocycles. The molecule has 9 rings (SSSR count). The fourth-order valence-electron chi connectivity index (χ4n) is 6.64. The molecule has 0 saturated heterocycles. The first kappa shape index (κ1) is 24.6. The lowest BCUT2D eigenvalue weighted by Crippen LogP contribution is -2.52. The number of aromatic nitrogens is 5. The average molecular weight is 565 g/mol. The second-order valence-electron chi connectivity index (χ2n) is 11.0. The summed E-state index contributed by atoms with van der Waals surface area (Å²) in [6, 6.07) is 44.7. The first-order chi connectivity index (χ1) is 21.8. The van der Waals surface area contributed by atoms with Gasteiger partial charge in [-0.1, -0.05) is 95.9 Å². The zero-order chi connectivity index (χ0) is 29.0. The van der Waals surface area contributed by atoms with Crippen molar-refractivity contribution in [2.45, 2.75) is 0 Å². The van der Waals surface area contributed by atoms with Crippen molar-refractivity contribution in [3.63, 3.8) is 0 Å². The first-order valence-corrected chi connectivity index (χ1v) is 14.6. The van der Waals surface area contributed by atoms with E-state index in [0.29, 0.717) is 0 Å². The molecule has 0 N–H and O–H groups in total. The maximum Gasteiger partial charge on any atom is 0.246 e. The van der Waals surface area contributed by atoms with Crippen LogP contribution in [0, 0.1) is 0 Å². The summed E-state index contributed by atoms with van der Waals surface area (Å²) in [5, 5.41) is 9.01. The molecule has 7 heteroatoms. The minimum absolute atomic E-state index is 0.123. The molecule has 0 radical (unpaired) electrons. The highest BCUT2D eigenvalue weighted by Gasteiger charge is 2.27. The van der Waals surface area contributed by atoms with Crippen molar-refractivity contribution >= 4 is 66.8 Å². The van der Waals surface area contributed by atoms with Crippen LogP contribution in [-0.4, -0.2) is 31.0 Å². The summed E-state index contributed by atoms with van der Waals surface area (Å²) in [6.45, 7) is -0.123. The Hall–Kier alpha value is -5.95. The molecular formula is C37H24BN5O. The van der Waals surface area contributed by atoms with Crippen molar-refractivity contribution in [2.75, 3.05) is 0 Å². The van der Waals surface area contributed by atoms with Gasteiger partial charge in [0.25, 0.3) is 0 Å². The zero-order valence-electron chi connectivity index (χ0n) is 23.6. The summed E-state index contributed by atoms with van der Waals surface area (Å²) < 4.78 is 10.7. The van der Waals surface area contributed by atoms with E-state index in [9.17, 15) is 0 Å². The monoisotopic (exact) mass is 565 g/mol. The van der Waals surface area contributed by atoms with Gasteiger partial charge in [0, 0.05) is 27.7 Å². The van der Waals surface area contributed by atoms with E-state index in [1.807, 2.05) is 30.5 Å². The average Bonchev–Trinajstić information content (AvgIpc) is 3.82. The SMILES string of the molecule is c1ccc(-n2c3ccccc3c3ccc(B(c4cccc(-n5cncn5)c4)c4cccc5c4oc4ccccc45)cc32)nc1. The summed E-state index contributed by atoms with van der Waals surface area (Å²) in [5.74, 6) is 0.889. The Morgan fingerprint density at radius 1 is 0.614 bits per heavy atom. The number of benzene rings is 5. The molecule has 0 aliphatic carbocycles. The topological polar surface area (TPSA) is 61.7 Å². The second kappa shape index (κ2) is 9.82. The largest absolute Gasteiger partial charge is 0.457 e. The Morgan fingerprint density at radius 2 is 1.41 bits per heavy atom. The Balaban J connectivity index is 1.34. The van der Waals surface area contributed by atoms with E-state index >= 15 is 0 Å². The molecule has 6 nitrogen and oxygen atoms in total. The third-order valence-corrected chi connectivity index (χ3v) is 8.54. The Kier molecular flexibility index (Phi) is 5.50. The molecule has 44 heavy (non-hydrogen) atoms. The third kappa shape index (κ3) is 3.79. The van der Waals surface area contributed by atoms with Gasteiger partial charge in [-0.15, -0.1) is 0 Å². The van der Waals surface area contributed by atoms with Crippen molar-refractivity contribution in [1.82, 2.24) is 24.3 Å². The fraction of sp³-hybridized carbons (Fsp3) is 0. The van der Waals surface area contributed by atoms with Gasteiger partial charge >= 0.3 is 0 Å². The molecule has 0 unspecified atom stereocenters. The highest BCUT2D eigenvalue weighted by Crippen LogP contribution is 2.31. The minimum Gasteiger partial charge on any atom is -0.457 e. The van der Waals surface area contributed by atoms with E-state index in [-0.39, 0.29) is 6.71 Å². The third-order valence-electron chi connectivity index (χ3n) is 8.54. The van der Waals surface area contributed by atoms with E-state index in [0.717, 1.165) is 60.9 Å². The van der Waals surface area contributed by atoms with Crippen molar-refractivity contribution in [3.05, 3.63) is 146 Å². The minimum atomic E-state index is -0.123. The quantitative estimate of drug-likeness (QED) is 0.234. The van der Waals surface area contributed by atoms with Gasteiger partial charge in [-0.05, 0) is 47.9 Å². The summed E-state index contributed by atoms with van der Waals surface area (Å²) in [4.78, 5) is 8.93.